The zero-order valence-corrected chi connectivity index (χ0v) is 19.9. The Morgan fingerprint density at radius 1 is 1.31 bits per heavy atom. The molecule has 2 N–H and O–H groups in total. The van der Waals surface area contributed by atoms with Crippen molar-refractivity contribution in [1.29, 1.82) is 0 Å². The number of benzene rings is 1. The number of ether oxygens (including phenoxy) is 3. The van der Waals surface area contributed by atoms with Crippen molar-refractivity contribution in [2.24, 2.45) is 10.9 Å². The summed E-state index contributed by atoms with van der Waals surface area (Å²) in [6.07, 6.45) is 3.17. The summed E-state index contributed by atoms with van der Waals surface area (Å²) in [5, 5.41) is 6.93. The summed E-state index contributed by atoms with van der Waals surface area (Å²) in [5.41, 5.74) is 1.15. The first kappa shape index (κ1) is 24.0. The van der Waals surface area contributed by atoms with Gasteiger partial charge in [-0.15, -0.1) is 24.0 Å². The summed E-state index contributed by atoms with van der Waals surface area (Å²) in [5.74, 6) is 2.36. The van der Waals surface area contributed by atoms with Gasteiger partial charge in [0, 0.05) is 51.9 Å². The molecule has 7 nitrogen and oxygen atoms in total. The van der Waals surface area contributed by atoms with Crippen molar-refractivity contribution in [2.75, 3.05) is 65.1 Å². The number of nitrogens with zero attached hydrogens (tertiary/aromatic N) is 2. The van der Waals surface area contributed by atoms with E-state index in [1.807, 2.05) is 19.2 Å². The van der Waals surface area contributed by atoms with Gasteiger partial charge in [0.25, 0.3) is 0 Å². The lowest BCUT2D eigenvalue weighted by molar-refractivity contribution is 0.0888. The SMILES string of the molecule is CN=C(NCCCOCC1CCOC1)NC1CCN(c2ccccc2OC)C1.I. The van der Waals surface area contributed by atoms with Crippen molar-refractivity contribution in [3.63, 3.8) is 0 Å². The number of anilines is 1. The lowest BCUT2D eigenvalue weighted by atomic mass is 10.1. The zero-order valence-electron chi connectivity index (χ0n) is 17.6. The van der Waals surface area contributed by atoms with Crippen molar-refractivity contribution < 1.29 is 14.2 Å². The van der Waals surface area contributed by atoms with E-state index < -0.39 is 0 Å². The molecule has 3 rings (SSSR count). The van der Waals surface area contributed by atoms with Gasteiger partial charge in [-0.3, -0.25) is 4.99 Å². The minimum Gasteiger partial charge on any atom is -0.495 e. The molecule has 2 aliphatic rings. The van der Waals surface area contributed by atoms with Crippen LogP contribution in [0.3, 0.4) is 0 Å². The molecule has 8 heteroatoms. The molecule has 164 valence electrons. The van der Waals surface area contributed by atoms with E-state index in [4.69, 9.17) is 14.2 Å². The van der Waals surface area contributed by atoms with Crippen molar-refractivity contribution >= 4 is 35.6 Å². The van der Waals surface area contributed by atoms with Gasteiger partial charge in [-0.25, -0.2) is 0 Å². The van der Waals surface area contributed by atoms with Crippen molar-refractivity contribution in [2.45, 2.75) is 25.3 Å². The van der Waals surface area contributed by atoms with Gasteiger partial charge in [-0.05, 0) is 31.4 Å². The lowest BCUT2D eigenvalue weighted by Crippen LogP contribution is -2.45. The second-order valence-corrected chi connectivity index (χ2v) is 7.40. The summed E-state index contributed by atoms with van der Waals surface area (Å²) in [4.78, 5) is 6.72. The Labute approximate surface area is 191 Å². The molecule has 0 saturated carbocycles. The second-order valence-electron chi connectivity index (χ2n) is 7.40. The average Bonchev–Trinajstić information content (AvgIpc) is 3.41. The predicted molar refractivity (Wildman–Crippen MR) is 128 cm³/mol. The molecule has 0 amide bonds. The predicted octanol–water partition coefficient (Wildman–Crippen LogP) is 2.50. The smallest absolute Gasteiger partial charge is 0.191 e. The molecule has 2 unspecified atom stereocenters. The third-order valence-corrected chi connectivity index (χ3v) is 5.31. The molecule has 2 atom stereocenters. The van der Waals surface area contributed by atoms with E-state index in [0.29, 0.717) is 12.0 Å². The fraction of sp³-hybridized carbons (Fsp3) is 0.667. The molecule has 0 radical (unpaired) electrons. The summed E-state index contributed by atoms with van der Waals surface area (Å²) in [7, 11) is 3.54. The number of aliphatic imine (C=N–C) groups is 1. The van der Waals surface area contributed by atoms with E-state index in [9.17, 15) is 0 Å². The number of hydrogen-bond donors (Lipinski definition) is 2. The zero-order chi connectivity index (χ0) is 19.6. The Hall–Kier alpha value is -1.26. The molecule has 0 aromatic heterocycles. The highest BCUT2D eigenvalue weighted by Crippen LogP contribution is 2.30. The number of rotatable bonds is 9. The van der Waals surface area contributed by atoms with Crippen LogP contribution in [0.5, 0.6) is 5.75 Å². The maximum Gasteiger partial charge on any atom is 0.191 e. The van der Waals surface area contributed by atoms with Crippen molar-refractivity contribution in [3.05, 3.63) is 24.3 Å². The molecule has 2 heterocycles. The molecule has 0 spiro atoms. The molecule has 1 aromatic rings. The van der Waals surface area contributed by atoms with Crippen LogP contribution in [0, 0.1) is 5.92 Å². The highest BCUT2D eigenvalue weighted by Gasteiger charge is 2.25. The second kappa shape index (κ2) is 13.1. The summed E-state index contributed by atoms with van der Waals surface area (Å²) < 4.78 is 16.6. The van der Waals surface area contributed by atoms with Crippen LogP contribution >= 0.6 is 24.0 Å². The molecule has 2 saturated heterocycles. The monoisotopic (exact) mass is 518 g/mol. The maximum atomic E-state index is 5.75. The van der Waals surface area contributed by atoms with Crippen LogP contribution in [-0.2, 0) is 9.47 Å². The first-order valence-electron chi connectivity index (χ1n) is 10.3. The van der Waals surface area contributed by atoms with Gasteiger partial charge in [0.05, 0.1) is 26.0 Å². The van der Waals surface area contributed by atoms with Crippen molar-refractivity contribution in [3.8, 4) is 5.75 Å². The highest BCUT2D eigenvalue weighted by molar-refractivity contribution is 14.0. The first-order valence-corrected chi connectivity index (χ1v) is 10.3. The number of para-hydroxylation sites is 2. The lowest BCUT2D eigenvalue weighted by Gasteiger charge is -2.22. The number of nitrogens with one attached hydrogen (secondary N) is 2. The maximum absolute atomic E-state index is 5.75. The largest absolute Gasteiger partial charge is 0.495 e. The van der Waals surface area contributed by atoms with E-state index in [-0.39, 0.29) is 24.0 Å². The average molecular weight is 518 g/mol. The van der Waals surface area contributed by atoms with Crippen LogP contribution in [0.1, 0.15) is 19.3 Å². The third kappa shape index (κ3) is 7.49. The number of guanidine groups is 1. The topological polar surface area (TPSA) is 67.4 Å². The Kier molecular flexibility index (Phi) is 10.9. The number of hydrogen-bond acceptors (Lipinski definition) is 5. The standard InChI is InChI=1S/C21H34N4O3.HI/c1-22-21(23-10-5-12-27-15-17-9-13-28-16-17)24-18-8-11-25(14-18)19-6-3-4-7-20(19)26-2;/h3-4,6-7,17-18H,5,8-16H2,1-2H3,(H2,22,23,24);1H. The van der Waals surface area contributed by atoms with Gasteiger partial charge in [-0.2, -0.15) is 0 Å². The number of methoxy groups -OCH3 is 1. The molecule has 29 heavy (non-hydrogen) atoms. The van der Waals surface area contributed by atoms with Gasteiger partial charge >= 0.3 is 0 Å². The van der Waals surface area contributed by atoms with Crippen LogP contribution in [0.4, 0.5) is 5.69 Å². The molecule has 2 aliphatic heterocycles. The fourth-order valence-corrected chi connectivity index (χ4v) is 3.72. The molecule has 0 bridgehead atoms. The Balaban J connectivity index is 0.00000300. The summed E-state index contributed by atoms with van der Waals surface area (Å²) in [6.45, 7) is 6.11. The van der Waals surface area contributed by atoms with E-state index in [2.05, 4.69) is 32.7 Å². The quantitative estimate of drug-likeness (QED) is 0.227. The van der Waals surface area contributed by atoms with E-state index in [1.54, 1.807) is 7.11 Å². The molecule has 1 aromatic carbocycles. The number of halogens is 1. The summed E-state index contributed by atoms with van der Waals surface area (Å²) in [6, 6.07) is 8.56. The van der Waals surface area contributed by atoms with Crippen LogP contribution in [0.2, 0.25) is 0 Å². The minimum atomic E-state index is 0. The molecular weight excluding hydrogens is 483 g/mol. The van der Waals surface area contributed by atoms with Crippen LogP contribution in [0.25, 0.3) is 0 Å². The minimum absolute atomic E-state index is 0. The van der Waals surface area contributed by atoms with E-state index in [1.165, 1.54) is 0 Å². The first-order chi connectivity index (χ1) is 13.8. The third-order valence-electron chi connectivity index (χ3n) is 5.31. The van der Waals surface area contributed by atoms with Gasteiger partial charge in [0.2, 0.25) is 0 Å². The van der Waals surface area contributed by atoms with Crippen molar-refractivity contribution in [1.82, 2.24) is 10.6 Å². The normalized spacial score (nSPS) is 21.7. The van der Waals surface area contributed by atoms with Gasteiger partial charge < -0.3 is 29.7 Å². The van der Waals surface area contributed by atoms with E-state index in [0.717, 1.165) is 82.7 Å². The Morgan fingerprint density at radius 3 is 2.93 bits per heavy atom. The molecular formula is C21H35IN4O3. The van der Waals surface area contributed by atoms with Crippen LogP contribution in [0.15, 0.2) is 29.3 Å². The van der Waals surface area contributed by atoms with Gasteiger partial charge in [0.1, 0.15) is 5.75 Å². The van der Waals surface area contributed by atoms with Crippen LogP contribution < -0.4 is 20.3 Å². The fourth-order valence-electron chi connectivity index (χ4n) is 3.72. The van der Waals surface area contributed by atoms with Crippen LogP contribution in [-0.4, -0.2) is 72.2 Å². The Bertz CT molecular complexity index is 626. The summed E-state index contributed by atoms with van der Waals surface area (Å²) >= 11 is 0. The highest BCUT2D eigenvalue weighted by atomic mass is 127. The van der Waals surface area contributed by atoms with Gasteiger partial charge in [-0.1, -0.05) is 12.1 Å². The Morgan fingerprint density at radius 2 is 2.17 bits per heavy atom. The molecule has 0 aliphatic carbocycles. The van der Waals surface area contributed by atoms with Gasteiger partial charge in [0.15, 0.2) is 5.96 Å². The van der Waals surface area contributed by atoms with E-state index >= 15 is 0 Å². The molecule has 2 fully saturated rings.